The largest absolute Gasteiger partial charge is 0.616 e. The predicted octanol–water partition coefficient (Wildman–Crippen LogP) is 2.10. The quantitative estimate of drug-likeness (QED) is 0.215. The summed E-state index contributed by atoms with van der Waals surface area (Å²) >= 11 is 0. The first-order valence-corrected chi connectivity index (χ1v) is 6.36. The Morgan fingerprint density at radius 1 is 1.14 bits per heavy atom. The minimum absolute atomic E-state index is 0.0322. The topological polar surface area (TPSA) is 86.3 Å². The van der Waals surface area contributed by atoms with Crippen LogP contribution in [0.3, 0.4) is 0 Å². The summed E-state index contributed by atoms with van der Waals surface area (Å²) in [6, 6.07) is 14.8. The van der Waals surface area contributed by atoms with Gasteiger partial charge in [0.2, 0.25) is 5.76 Å². The van der Waals surface area contributed by atoms with Crippen LogP contribution < -0.4 is 14.2 Å². The maximum Gasteiger partial charge on any atom is 0.387 e. The summed E-state index contributed by atoms with van der Waals surface area (Å²) in [4.78, 5) is 12.0. The van der Waals surface area contributed by atoms with Crippen LogP contribution in [0.5, 0.6) is 11.6 Å². The second-order valence-electron chi connectivity index (χ2n) is 4.24. The smallest absolute Gasteiger partial charge is 0.387 e. The minimum atomic E-state index is -0.830. The van der Waals surface area contributed by atoms with Gasteiger partial charge in [-0.05, 0) is 25.1 Å². The van der Waals surface area contributed by atoms with Crippen molar-refractivity contribution in [1.29, 1.82) is 5.26 Å². The van der Waals surface area contributed by atoms with Crippen molar-refractivity contribution in [3.8, 4) is 17.7 Å². The zero-order valence-electron chi connectivity index (χ0n) is 11.7. The van der Waals surface area contributed by atoms with Gasteiger partial charge in [0.1, 0.15) is 11.8 Å². The van der Waals surface area contributed by atoms with Crippen LogP contribution in [0.4, 0.5) is 0 Å². The second-order valence-corrected chi connectivity index (χ2v) is 4.24. The van der Waals surface area contributed by atoms with E-state index in [0.29, 0.717) is 10.5 Å². The number of aromatic nitrogens is 1. The van der Waals surface area contributed by atoms with E-state index in [1.807, 2.05) is 0 Å². The normalized spacial score (nSPS) is 11.1. The Bertz CT molecular complexity index is 748. The van der Waals surface area contributed by atoms with Crippen LogP contribution in [0.15, 0.2) is 66.1 Å². The maximum atomic E-state index is 12.0. The van der Waals surface area contributed by atoms with Crippen molar-refractivity contribution in [2.24, 2.45) is 0 Å². The number of allylic oxidation sites excluding steroid dienone is 1. The molecule has 0 N–H and O–H groups in total. The van der Waals surface area contributed by atoms with Crippen molar-refractivity contribution in [3.63, 3.8) is 0 Å². The average Bonchev–Trinajstić information content (AvgIpc) is 2.55. The van der Waals surface area contributed by atoms with Crippen LogP contribution in [0.25, 0.3) is 0 Å². The number of carbonyl (C=O) groups is 1. The standard InChI is InChI=1S/C16H12N2O4/c1-12(14(11-17)21-13-7-3-2-4-8-13)16(19)22-15-9-5-6-10-18(15)20/h2-10H,1H3. The monoisotopic (exact) mass is 296 g/mol. The molecule has 0 bridgehead atoms. The van der Waals surface area contributed by atoms with Gasteiger partial charge in [0.15, 0.2) is 6.20 Å². The Morgan fingerprint density at radius 2 is 1.82 bits per heavy atom. The van der Waals surface area contributed by atoms with Gasteiger partial charge < -0.3 is 14.7 Å². The Labute approximate surface area is 127 Å². The lowest BCUT2D eigenvalue weighted by atomic mass is 10.2. The number of para-hydroxylation sites is 1. The second kappa shape index (κ2) is 6.90. The fourth-order valence-corrected chi connectivity index (χ4v) is 1.55. The van der Waals surface area contributed by atoms with Crippen LogP contribution >= 0.6 is 0 Å². The van der Waals surface area contributed by atoms with Crippen molar-refractivity contribution >= 4 is 5.97 Å². The van der Waals surface area contributed by atoms with Gasteiger partial charge >= 0.3 is 11.8 Å². The molecule has 0 amide bonds. The number of carbonyl (C=O) groups excluding carboxylic acids is 1. The van der Waals surface area contributed by atoms with Crippen molar-refractivity contribution in [2.45, 2.75) is 6.92 Å². The van der Waals surface area contributed by atoms with Crippen molar-refractivity contribution in [3.05, 3.63) is 71.3 Å². The van der Waals surface area contributed by atoms with E-state index in [0.717, 1.165) is 0 Å². The number of hydrogen-bond donors (Lipinski definition) is 0. The molecule has 22 heavy (non-hydrogen) atoms. The number of pyridine rings is 1. The third-order valence-corrected chi connectivity index (χ3v) is 2.70. The highest BCUT2D eigenvalue weighted by molar-refractivity contribution is 5.90. The van der Waals surface area contributed by atoms with Gasteiger partial charge in [-0.25, -0.2) is 4.79 Å². The van der Waals surface area contributed by atoms with Gasteiger partial charge in [-0.2, -0.15) is 5.26 Å². The third-order valence-electron chi connectivity index (χ3n) is 2.70. The van der Waals surface area contributed by atoms with E-state index in [2.05, 4.69) is 0 Å². The van der Waals surface area contributed by atoms with E-state index in [4.69, 9.17) is 14.7 Å². The number of nitriles is 1. The molecule has 1 heterocycles. The summed E-state index contributed by atoms with van der Waals surface area (Å²) in [5.41, 5.74) is -0.0322. The zero-order valence-corrected chi connectivity index (χ0v) is 11.7. The molecule has 2 aromatic rings. The summed E-state index contributed by atoms with van der Waals surface area (Å²) in [5.74, 6) is -0.776. The first-order valence-electron chi connectivity index (χ1n) is 6.36. The molecule has 0 atom stereocenters. The van der Waals surface area contributed by atoms with Crippen LogP contribution in [-0.2, 0) is 4.79 Å². The van der Waals surface area contributed by atoms with Crippen LogP contribution in [0.2, 0.25) is 0 Å². The molecule has 0 fully saturated rings. The lowest BCUT2D eigenvalue weighted by Crippen LogP contribution is -2.30. The lowest BCUT2D eigenvalue weighted by molar-refractivity contribution is -0.610. The molecule has 2 rings (SSSR count). The minimum Gasteiger partial charge on any atom is -0.616 e. The third kappa shape index (κ3) is 3.61. The fourth-order valence-electron chi connectivity index (χ4n) is 1.55. The molecule has 0 aliphatic heterocycles. The number of nitrogens with zero attached hydrogens (tertiary/aromatic N) is 2. The zero-order chi connectivity index (χ0) is 15.9. The Morgan fingerprint density at radius 3 is 2.45 bits per heavy atom. The van der Waals surface area contributed by atoms with Gasteiger partial charge in [-0.1, -0.05) is 18.2 Å². The molecule has 6 heteroatoms. The highest BCUT2D eigenvalue weighted by Gasteiger charge is 2.18. The summed E-state index contributed by atoms with van der Waals surface area (Å²) in [7, 11) is 0. The van der Waals surface area contributed by atoms with E-state index >= 15 is 0 Å². The first kappa shape index (κ1) is 15.1. The van der Waals surface area contributed by atoms with E-state index in [9.17, 15) is 10.0 Å². The highest BCUT2D eigenvalue weighted by atomic mass is 16.6. The molecule has 0 radical (unpaired) electrons. The van der Waals surface area contributed by atoms with Gasteiger partial charge in [0.05, 0.1) is 11.6 Å². The molecule has 0 unspecified atom stereocenters. The van der Waals surface area contributed by atoms with Gasteiger partial charge in [0, 0.05) is 6.07 Å². The molecule has 0 aliphatic rings. The fraction of sp³-hybridized carbons (Fsp3) is 0.0625. The molecule has 0 saturated heterocycles. The van der Waals surface area contributed by atoms with Gasteiger partial charge in [-0.15, -0.1) is 4.73 Å². The molecular weight excluding hydrogens is 284 g/mol. The Balaban J connectivity index is 2.19. The van der Waals surface area contributed by atoms with Crippen LogP contribution in [0.1, 0.15) is 6.92 Å². The summed E-state index contributed by atoms with van der Waals surface area (Å²) < 4.78 is 10.7. The molecule has 0 spiro atoms. The molecule has 1 aromatic carbocycles. The number of ether oxygens (including phenoxy) is 2. The van der Waals surface area contributed by atoms with E-state index in [1.165, 1.54) is 25.3 Å². The van der Waals surface area contributed by atoms with Gasteiger partial charge in [0.25, 0.3) is 0 Å². The molecule has 110 valence electrons. The summed E-state index contributed by atoms with van der Waals surface area (Å²) in [6.07, 6.45) is 1.20. The van der Waals surface area contributed by atoms with Gasteiger partial charge in [-0.3, -0.25) is 0 Å². The highest BCUT2D eigenvalue weighted by Crippen LogP contribution is 2.16. The molecular formula is C16H12N2O4. The lowest BCUT2D eigenvalue weighted by Gasteiger charge is -2.07. The summed E-state index contributed by atoms with van der Waals surface area (Å²) in [6.45, 7) is 1.39. The maximum absolute atomic E-state index is 12.0. The van der Waals surface area contributed by atoms with Crippen molar-refractivity contribution < 1.29 is 19.0 Å². The number of esters is 1. The SMILES string of the molecule is CC(C(=O)Oc1cccc[n+]1[O-])=C(C#N)Oc1ccccc1. The van der Waals surface area contributed by atoms with Crippen molar-refractivity contribution in [2.75, 3.05) is 0 Å². The molecule has 0 saturated carbocycles. The van der Waals surface area contributed by atoms with Crippen LogP contribution in [0, 0.1) is 16.5 Å². The summed E-state index contributed by atoms with van der Waals surface area (Å²) in [5, 5.41) is 20.6. The number of rotatable bonds is 4. The average molecular weight is 296 g/mol. The Kier molecular flexibility index (Phi) is 4.73. The number of hydrogen-bond acceptors (Lipinski definition) is 5. The van der Waals surface area contributed by atoms with E-state index in [-0.39, 0.29) is 17.2 Å². The molecule has 0 aliphatic carbocycles. The first-order chi connectivity index (χ1) is 10.6. The van der Waals surface area contributed by atoms with E-state index in [1.54, 1.807) is 42.5 Å². The predicted molar refractivity (Wildman–Crippen MR) is 76.4 cm³/mol. The van der Waals surface area contributed by atoms with Crippen LogP contribution in [-0.4, -0.2) is 5.97 Å². The van der Waals surface area contributed by atoms with E-state index < -0.39 is 5.97 Å². The van der Waals surface area contributed by atoms with Crippen molar-refractivity contribution in [1.82, 2.24) is 0 Å². The Hall–Kier alpha value is -3.33. The molecule has 1 aromatic heterocycles. The molecule has 6 nitrogen and oxygen atoms in total. The number of benzene rings is 1.